The predicted octanol–water partition coefficient (Wildman–Crippen LogP) is 12.5. The predicted molar refractivity (Wildman–Crippen MR) is 200 cm³/mol. The third-order valence-corrected chi connectivity index (χ3v) is 10.3. The second-order valence-electron chi connectivity index (χ2n) is 13.7. The molecular formula is C46H22F6N4. The number of benzene rings is 6. The second-order valence-corrected chi connectivity index (χ2v) is 13.7. The monoisotopic (exact) mass is 744 g/mol. The van der Waals surface area contributed by atoms with E-state index in [4.69, 9.17) is 0 Å². The lowest BCUT2D eigenvalue weighted by Crippen LogP contribution is -2.11. The first-order valence-electron chi connectivity index (χ1n) is 17.0. The van der Waals surface area contributed by atoms with Crippen LogP contribution in [0, 0.1) is 59.2 Å². The summed E-state index contributed by atoms with van der Waals surface area (Å²) in [5.74, 6) is 0. The van der Waals surface area contributed by atoms with Crippen LogP contribution >= 0.6 is 0 Å². The number of hydrogen-bond acceptors (Lipinski definition) is 4. The van der Waals surface area contributed by atoms with Crippen molar-refractivity contribution in [2.75, 3.05) is 0 Å². The van der Waals surface area contributed by atoms with Crippen LogP contribution in [0.4, 0.5) is 26.3 Å². The molecular weight excluding hydrogens is 723 g/mol. The molecule has 0 saturated heterocycles. The lowest BCUT2D eigenvalue weighted by atomic mass is 9.90. The van der Waals surface area contributed by atoms with Crippen LogP contribution < -0.4 is 0 Å². The molecule has 0 N–H and O–H groups in total. The minimum atomic E-state index is -5.06. The molecule has 0 unspecified atom stereocenters. The van der Waals surface area contributed by atoms with Gasteiger partial charge < -0.3 is 0 Å². The summed E-state index contributed by atoms with van der Waals surface area (Å²) in [5, 5.41) is 41.7. The standard InChI is InChI=1S/C46H22F6N4/c1-23-11-24(2)13-27(12-23)25-3-5-35-39(16-25)41(29(19-53)20-54)37-9-7-34-33(43(35)37)8-10-38-42(30(21-55)22-56)40-17-26(4-6-36(40)44(34)38)28-14-31(45(47,48)49)18-32(15-28)46(50,51)52/h3-18H,1-2H3. The molecule has 268 valence electrons. The third-order valence-electron chi connectivity index (χ3n) is 10.3. The van der Waals surface area contributed by atoms with Crippen LogP contribution in [-0.2, 0) is 12.4 Å². The van der Waals surface area contributed by atoms with Crippen molar-refractivity contribution in [2.24, 2.45) is 0 Å². The van der Waals surface area contributed by atoms with E-state index in [9.17, 15) is 47.4 Å². The van der Waals surface area contributed by atoms with E-state index in [0.717, 1.165) is 38.8 Å². The van der Waals surface area contributed by atoms with Gasteiger partial charge in [0, 0.05) is 11.1 Å². The molecule has 56 heavy (non-hydrogen) atoms. The molecule has 6 aromatic rings. The van der Waals surface area contributed by atoms with Crippen molar-refractivity contribution in [3.63, 3.8) is 0 Å². The van der Waals surface area contributed by atoms with Gasteiger partial charge in [-0.3, -0.25) is 0 Å². The van der Waals surface area contributed by atoms with Gasteiger partial charge in [-0.25, -0.2) is 0 Å². The van der Waals surface area contributed by atoms with Gasteiger partial charge in [0.15, 0.2) is 0 Å². The van der Waals surface area contributed by atoms with Crippen LogP contribution in [0.2, 0.25) is 0 Å². The SMILES string of the molecule is Cc1cc(C)cc(-c2ccc3c(c2)C(=C(C#N)C#N)c2ccc4c5c(ccc4c2-3)C(=C(C#N)C#N)c2cc(-c3cc(C(F)(F)F)cc(C(F)(F)F)c3)ccc2-5)c1. The molecule has 0 heterocycles. The van der Waals surface area contributed by atoms with Crippen LogP contribution in [0.5, 0.6) is 0 Å². The average Bonchev–Trinajstić information content (AvgIpc) is 3.67. The average molecular weight is 745 g/mol. The van der Waals surface area contributed by atoms with Crippen molar-refractivity contribution in [3.8, 4) is 68.8 Å². The molecule has 0 spiro atoms. The Bertz CT molecular complexity index is 2920. The Kier molecular flexibility index (Phi) is 8.01. The normalized spacial score (nSPS) is 12.5. The van der Waals surface area contributed by atoms with Crippen LogP contribution in [-0.4, -0.2) is 0 Å². The molecule has 2 aliphatic rings. The van der Waals surface area contributed by atoms with E-state index < -0.39 is 23.5 Å². The zero-order valence-corrected chi connectivity index (χ0v) is 29.3. The molecule has 0 aliphatic heterocycles. The van der Waals surface area contributed by atoms with Gasteiger partial charge in [0.2, 0.25) is 0 Å². The van der Waals surface area contributed by atoms with Gasteiger partial charge in [-0.05, 0) is 122 Å². The summed E-state index contributed by atoms with van der Waals surface area (Å²) < 4.78 is 82.8. The maximum Gasteiger partial charge on any atom is 0.416 e. The van der Waals surface area contributed by atoms with Crippen molar-refractivity contribution in [2.45, 2.75) is 26.2 Å². The Morgan fingerprint density at radius 1 is 0.411 bits per heavy atom. The number of rotatable bonds is 2. The Balaban J connectivity index is 1.38. The van der Waals surface area contributed by atoms with E-state index in [1.807, 2.05) is 62.4 Å². The fourth-order valence-corrected chi connectivity index (χ4v) is 8.07. The van der Waals surface area contributed by atoms with Crippen LogP contribution in [0.3, 0.4) is 0 Å². The first-order chi connectivity index (χ1) is 26.7. The van der Waals surface area contributed by atoms with E-state index in [1.54, 1.807) is 12.1 Å². The Labute approximate surface area is 316 Å². The minimum Gasteiger partial charge on any atom is -0.192 e. The molecule has 0 atom stereocenters. The van der Waals surface area contributed by atoms with Gasteiger partial charge in [0.05, 0.1) is 11.1 Å². The highest BCUT2D eigenvalue weighted by Crippen LogP contribution is 2.55. The van der Waals surface area contributed by atoms with E-state index in [-0.39, 0.29) is 33.9 Å². The zero-order chi connectivity index (χ0) is 39.8. The van der Waals surface area contributed by atoms with Crippen molar-refractivity contribution in [1.29, 1.82) is 21.0 Å². The summed E-state index contributed by atoms with van der Waals surface area (Å²) in [6.45, 7) is 4.01. The number of halogens is 6. The van der Waals surface area contributed by atoms with Gasteiger partial charge in [-0.2, -0.15) is 47.4 Å². The zero-order valence-electron chi connectivity index (χ0n) is 29.3. The number of nitriles is 4. The maximum atomic E-state index is 13.8. The summed E-state index contributed by atoms with van der Waals surface area (Å²) >= 11 is 0. The number of hydrogen-bond donors (Lipinski definition) is 0. The number of allylic oxidation sites excluding steroid dienone is 2. The van der Waals surface area contributed by atoms with E-state index in [2.05, 4.69) is 30.3 Å². The van der Waals surface area contributed by atoms with Crippen molar-refractivity contribution in [3.05, 3.63) is 153 Å². The molecule has 0 aromatic heterocycles. The Hall–Kier alpha value is -7.40. The first-order valence-corrected chi connectivity index (χ1v) is 17.0. The smallest absolute Gasteiger partial charge is 0.192 e. The molecule has 0 amide bonds. The van der Waals surface area contributed by atoms with Crippen LogP contribution in [0.15, 0.2) is 108 Å². The second kappa shape index (κ2) is 12.6. The topological polar surface area (TPSA) is 95.2 Å². The molecule has 2 aliphatic carbocycles. The van der Waals surface area contributed by atoms with Crippen molar-refractivity contribution >= 4 is 21.9 Å². The number of alkyl halides is 6. The van der Waals surface area contributed by atoms with Crippen LogP contribution in [0.1, 0.15) is 44.5 Å². The molecule has 8 rings (SSSR count). The Morgan fingerprint density at radius 2 is 0.786 bits per heavy atom. The molecule has 4 nitrogen and oxygen atoms in total. The molecule has 0 bridgehead atoms. The molecule has 10 heteroatoms. The van der Waals surface area contributed by atoms with Gasteiger partial charge in [-0.1, -0.05) is 77.9 Å². The summed E-state index contributed by atoms with van der Waals surface area (Å²) in [5.41, 5.74) is 5.88. The summed E-state index contributed by atoms with van der Waals surface area (Å²) in [4.78, 5) is 0. The van der Waals surface area contributed by atoms with Gasteiger partial charge >= 0.3 is 12.4 Å². The lowest BCUT2D eigenvalue weighted by Gasteiger charge is -2.15. The van der Waals surface area contributed by atoms with Gasteiger partial charge in [0.1, 0.15) is 35.4 Å². The fourth-order valence-electron chi connectivity index (χ4n) is 8.07. The van der Waals surface area contributed by atoms with Crippen molar-refractivity contribution < 1.29 is 26.3 Å². The summed E-state index contributed by atoms with van der Waals surface area (Å²) in [7, 11) is 0. The van der Waals surface area contributed by atoms with Gasteiger partial charge in [0.25, 0.3) is 0 Å². The van der Waals surface area contributed by atoms with E-state index >= 15 is 0 Å². The minimum absolute atomic E-state index is 0.0231. The first kappa shape index (κ1) is 35.6. The molecule has 0 radical (unpaired) electrons. The highest BCUT2D eigenvalue weighted by Gasteiger charge is 2.38. The fraction of sp³-hybridized carbons (Fsp3) is 0.0870. The van der Waals surface area contributed by atoms with Crippen LogP contribution in [0.25, 0.3) is 66.4 Å². The molecule has 0 saturated carbocycles. The quantitative estimate of drug-likeness (QED) is 0.130. The highest BCUT2D eigenvalue weighted by molar-refractivity contribution is 6.20. The van der Waals surface area contributed by atoms with Gasteiger partial charge in [-0.15, -0.1) is 0 Å². The third kappa shape index (κ3) is 5.51. The van der Waals surface area contributed by atoms with E-state index in [0.29, 0.717) is 56.5 Å². The summed E-state index contributed by atoms with van der Waals surface area (Å²) in [6.07, 6.45) is -10.1. The van der Waals surface area contributed by atoms with Crippen molar-refractivity contribution in [1.82, 2.24) is 0 Å². The number of fused-ring (bicyclic) bond motifs is 9. The van der Waals surface area contributed by atoms with E-state index in [1.165, 1.54) is 12.1 Å². The number of nitrogens with zero attached hydrogens (tertiary/aromatic N) is 4. The maximum absolute atomic E-state index is 13.8. The Morgan fingerprint density at radius 3 is 1.16 bits per heavy atom. The lowest BCUT2D eigenvalue weighted by molar-refractivity contribution is -0.143. The molecule has 6 aromatic carbocycles. The number of aryl methyl sites for hydroxylation is 2. The highest BCUT2D eigenvalue weighted by atomic mass is 19.4. The largest absolute Gasteiger partial charge is 0.416 e. The summed E-state index contributed by atoms with van der Waals surface area (Å²) in [6, 6.07) is 32.9. The molecule has 0 fully saturated rings.